The molecule has 2 N–H and O–H groups in total. The van der Waals surface area contributed by atoms with Gasteiger partial charge in [-0.2, -0.15) is 0 Å². The summed E-state index contributed by atoms with van der Waals surface area (Å²) >= 11 is 0. The van der Waals surface area contributed by atoms with Crippen LogP contribution in [0.1, 0.15) is 5.69 Å². The smallest absolute Gasteiger partial charge is 0.0482 e. The van der Waals surface area contributed by atoms with Crippen molar-refractivity contribution in [1.29, 1.82) is 0 Å². The number of nitrogens with two attached hydrogens (primary N) is 1. The van der Waals surface area contributed by atoms with Gasteiger partial charge in [-0.3, -0.25) is 0 Å². The largest absolute Gasteiger partial charge is 0.344 e. The third kappa shape index (κ3) is 1.24. The van der Waals surface area contributed by atoms with Crippen LogP contribution in [-0.2, 0) is 7.05 Å². The van der Waals surface area contributed by atoms with E-state index in [1.54, 1.807) is 0 Å². The molecule has 2 nitrogen and oxygen atoms in total. The van der Waals surface area contributed by atoms with Gasteiger partial charge in [0.25, 0.3) is 0 Å². The average molecular weight is 186 g/mol. The number of para-hydroxylation sites is 1. The first kappa shape index (κ1) is 9.03. The van der Waals surface area contributed by atoms with E-state index >= 15 is 0 Å². The highest BCUT2D eigenvalue weighted by Crippen LogP contribution is 2.22. The summed E-state index contributed by atoms with van der Waals surface area (Å²) in [5, 5.41) is 1.24. The molecule has 14 heavy (non-hydrogen) atoms. The van der Waals surface area contributed by atoms with Crippen molar-refractivity contribution < 1.29 is 0 Å². The molecule has 0 aliphatic carbocycles. The summed E-state index contributed by atoms with van der Waals surface area (Å²) in [4.78, 5) is 0. The number of nitrogens with zero attached hydrogens (tertiary/aromatic N) is 1. The fourth-order valence-electron chi connectivity index (χ4n) is 1.73. The van der Waals surface area contributed by atoms with E-state index in [0.29, 0.717) is 6.54 Å². The topological polar surface area (TPSA) is 30.9 Å². The lowest BCUT2D eigenvalue weighted by Gasteiger charge is -2.04. The molecule has 0 fully saturated rings. The van der Waals surface area contributed by atoms with Gasteiger partial charge in [0.15, 0.2) is 0 Å². The van der Waals surface area contributed by atoms with Gasteiger partial charge in [-0.05, 0) is 17.7 Å². The second-order valence-electron chi connectivity index (χ2n) is 3.46. The van der Waals surface area contributed by atoms with Crippen molar-refractivity contribution in [3.05, 3.63) is 42.6 Å². The molecule has 0 spiro atoms. The summed E-state index contributed by atoms with van der Waals surface area (Å²) < 4.78 is 2.13. The van der Waals surface area contributed by atoms with Gasteiger partial charge in [-0.15, -0.1) is 0 Å². The maximum absolute atomic E-state index is 5.58. The van der Waals surface area contributed by atoms with E-state index in [2.05, 4.69) is 29.3 Å². The molecule has 0 aliphatic rings. The Morgan fingerprint density at radius 3 is 2.79 bits per heavy atom. The van der Waals surface area contributed by atoms with Crippen LogP contribution >= 0.6 is 0 Å². The zero-order valence-corrected chi connectivity index (χ0v) is 8.33. The zero-order valence-electron chi connectivity index (χ0n) is 8.33. The van der Waals surface area contributed by atoms with Crippen molar-refractivity contribution in [2.75, 3.05) is 6.54 Å². The molecule has 2 rings (SSSR count). The molecule has 0 unspecified atom stereocenters. The summed E-state index contributed by atoms with van der Waals surface area (Å²) in [6, 6.07) is 10.4. The molecule has 2 aromatic rings. The van der Waals surface area contributed by atoms with E-state index in [9.17, 15) is 0 Å². The van der Waals surface area contributed by atoms with E-state index in [4.69, 9.17) is 5.73 Å². The fraction of sp³-hybridized carbons (Fsp3) is 0.167. The molecular weight excluding hydrogens is 172 g/mol. The van der Waals surface area contributed by atoms with Crippen LogP contribution in [-0.4, -0.2) is 11.1 Å². The van der Waals surface area contributed by atoms with E-state index in [-0.39, 0.29) is 0 Å². The molecular formula is C12H14N2. The lowest BCUT2D eigenvalue weighted by atomic mass is 10.2. The van der Waals surface area contributed by atoms with Crippen LogP contribution in [0.25, 0.3) is 16.5 Å². The van der Waals surface area contributed by atoms with E-state index < -0.39 is 0 Å². The van der Waals surface area contributed by atoms with Crippen LogP contribution in [0.2, 0.25) is 0 Å². The Bertz CT molecular complexity index is 480. The van der Waals surface area contributed by atoms with Crippen LogP contribution in [0, 0.1) is 0 Å². The summed E-state index contributed by atoms with van der Waals surface area (Å²) in [5.41, 5.74) is 8.90. The molecule has 0 bridgehead atoms. The minimum atomic E-state index is 0.504. The maximum Gasteiger partial charge on any atom is 0.0482 e. The van der Waals surface area contributed by atoms with Gasteiger partial charge in [-0.25, -0.2) is 0 Å². The molecule has 0 radical (unpaired) electrons. The monoisotopic (exact) mass is 186 g/mol. The van der Waals surface area contributed by atoms with Crippen molar-refractivity contribution in [2.45, 2.75) is 0 Å². The summed E-state index contributed by atoms with van der Waals surface area (Å²) in [5.74, 6) is 0. The molecule has 0 aliphatic heterocycles. The van der Waals surface area contributed by atoms with Gasteiger partial charge < -0.3 is 10.3 Å². The Balaban J connectivity index is 2.68. The number of benzene rings is 1. The van der Waals surface area contributed by atoms with Crippen LogP contribution < -0.4 is 5.73 Å². The third-order valence-corrected chi connectivity index (χ3v) is 2.56. The maximum atomic E-state index is 5.58. The Kier molecular flexibility index (Phi) is 2.14. The van der Waals surface area contributed by atoms with Crippen LogP contribution in [0.3, 0.4) is 0 Å². The van der Waals surface area contributed by atoms with Gasteiger partial charge in [0, 0.05) is 30.2 Å². The molecule has 72 valence electrons. The number of fused-ring (bicyclic) bond motifs is 1. The molecule has 1 aromatic carbocycles. The van der Waals surface area contributed by atoms with Crippen LogP contribution in [0.4, 0.5) is 0 Å². The highest BCUT2D eigenvalue weighted by molar-refractivity contribution is 5.85. The zero-order chi connectivity index (χ0) is 10.1. The van der Waals surface area contributed by atoms with Crippen LogP contribution in [0.15, 0.2) is 36.9 Å². The molecule has 1 heterocycles. The first-order valence-corrected chi connectivity index (χ1v) is 4.66. The second kappa shape index (κ2) is 3.31. The van der Waals surface area contributed by atoms with Crippen LogP contribution in [0.5, 0.6) is 0 Å². The van der Waals surface area contributed by atoms with Gasteiger partial charge in [-0.1, -0.05) is 24.8 Å². The number of aromatic nitrogens is 1. The van der Waals surface area contributed by atoms with Crippen molar-refractivity contribution in [3.8, 4) is 0 Å². The molecule has 1 aromatic heterocycles. The highest BCUT2D eigenvalue weighted by Gasteiger charge is 2.06. The highest BCUT2D eigenvalue weighted by atomic mass is 14.9. The Morgan fingerprint density at radius 2 is 2.14 bits per heavy atom. The minimum Gasteiger partial charge on any atom is -0.344 e. The molecule has 0 saturated heterocycles. The first-order valence-electron chi connectivity index (χ1n) is 4.66. The molecule has 0 amide bonds. The third-order valence-electron chi connectivity index (χ3n) is 2.56. The lowest BCUT2D eigenvalue weighted by Crippen LogP contribution is -2.04. The van der Waals surface area contributed by atoms with Gasteiger partial charge in [0.2, 0.25) is 0 Å². The summed E-state index contributed by atoms with van der Waals surface area (Å²) in [6.45, 7) is 4.46. The van der Waals surface area contributed by atoms with E-state index in [1.165, 1.54) is 10.9 Å². The second-order valence-corrected chi connectivity index (χ2v) is 3.46. The summed E-state index contributed by atoms with van der Waals surface area (Å²) in [7, 11) is 2.04. The Hall–Kier alpha value is -1.54. The predicted molar refractivity (Wildman–Crippen MR) is 61.0 cm³/mol. The fourth-order valence-corrected chi connectivity index (χ4v) is 1.73. The lowest BCUT2D eigenvalue weighted by molar-refractivity contribution is 0.941. The average Bonchev–Trinajstić information content (AvgIpc) is 2.56. The molecule has 2 heteroatoms. The standard InChI is InChI=1S/C12H14N2/c1-9(8-13)12-7-10-5-3-4-6-11(10)14(12)2/h3-7H,1,8,13H2,2H3. The predicted octanol–water partition coefficient (Wildman–Crippen LogP) is 2.15. The first-order chi connectivity index (χ1) is 6.74. The number of hydrogen-bond acceptors (Lipinski definition) is 1. The van der Waals surface area contributed by atoms with Gasteiger partial charge >= 0.3 is 0 Å². The summed E-state index contributed by atoms with van der Waals surface area (Å²) in [6.07, 6.45) is 0. The van der Waals surface area contributed by atoms with Gasteiger partial charge in [0.05, 0.1) is 0 Å². The van der Waals surface area contributed by atoms with Crippen molar-refractivity contribution in [1.82, 2.24) is 4.57 Å². The molecule has 0 atom stereocenters. The number of aryl methyl sites for hydroxylation is 1. The molecule has 0 saturated carbocycles. The van der Waals surface area contributed by atoms with E-state index in [1.807, 2.05) is 19.2 Å². The quantitative estimate of drug-likeness (QED) is 0.765. The van der Waals surface area contributed by atoms with Crippen molar-refractivity contribution in [3.63, 3.8) is 0 Å². The van der Waals surface area contributed by atoms with E-state index in [0.717, 1.165) is 11.3 Å². The minimum absolute atomic E-state index is 0.504. The Morgan fingerprint density at radius 1 is 1.43 bits per heavy atom. The number of rotatable bonds is 2. The van der Waals surface area contributed by atoms with Gasteiger partial charge in [0.1, 0.15) is 0 Å². The van der Waals surface area contributed by atoms with Crippen molar-refractivity contribution in [2.24, 2.45) is 12.8 Å². The Labute approximate surface area is 83.6 Å². The normalized spacial score (nSPS) is 10.7. The SMILES string of the molecule is C=C(CN)c1cc2ccccc2n1C. The van der Waals surface area contributed by atoms with Crippen molar-refractivity contribution >= 4 is 16.5 Å². The number of hydrogen-bond donors (Lipinski definition) is 1.